The summed E-state index contributed by atoms with van der Waals surface area (Å²) in [6.07, 6.45) is 4.13. The zero-order chi connectivity index (χ0) is 17.4. The lowest BCUT2D eigenvalue weighted by atomic mass is 9.98. The van der Waals surface area contributed by atoms with E-state index in [1.165, 1.54) is 17.4 Å². The predicted molar refractivity (Wildman–Crippen MR) is 95.7 cm³/mol. The number of rotatable bonds is 5. The molecule has 2 aliphatic heterocycles. The molecule has 2 heterocycles. The van der Waals surface area contributed by atoms with Gasteiger partial charge in [-0.25, -0.2) is 12.7 Å². The Morgan fingerprint density at radius 1 is 1.29 bits per heavy atom. The minimum Gasteiger partial charge on any atom is -0.487 e. The van der Waals surface area contributed by atoms with E-state index < -0.39 is 10.0 Å². The normalized spacial score (nSPS) is 21.5. The summed E-state index contributed by atoms with van der Waals surface area (Å²) in [5.74, 6) is 1.57. The maximum atomic E-state index is 11.5. The summed E-state index contributed by atoms with van der Waals surface area (Å²) in [5, 5.41) is 3.53. The molecule has 1 aromatic rings. The van der Waals surface area contributed by atoms with E-state index in [-0.39, 0.29) is 5.60 Å². The van der Waals surface area contributed by atoms with Gasteiger partial charge in [0.15, 0.2) is 0 Å². The van der Waals surface area contributed by atoms with Crippen molar-refractivity contribution in [2.24, 2.45) is 5.92 Å². The monoisotopic (exact) mass is 352 g/mol. The van der Waals surface area contributed by atoms with Crippen molar-refractivity contribution in [3.63, 3.8) is 0 Å². The maximum Gasteiger partial charge on any atom is 0.211 e. The van der Waals surface area contributed by atoms with Crippen molar-refractivity contribution in [1.29, 1.82) is 0 Å². The minimum absolute atomic E-state index is 0.0953. The largest absolute Gasteiger partial charge is 0.487 e. The van der Waals surface area contributed by atoms with Crippen LogP contribution in [-0.2, 0) is 23.0 Å². The fourth-order valence-corrected chi connectivity index (χ4v) is 4.51. The molecule has 134 valence electrons. The Balaban J connectivity index is 1.45. The van der Waals surface area contributed by atoms with Gasteiger partial charge in [-0.05, 0) is 56.3 Å². The number of ether oxygens (including phenoxy) is 1. The predicted octanol–water partition coefficient (Wildman–Crippen LogP) is 2.16. The highest BCUT2D eigenvalue weighted by molar-refractivity contribution is 7.88. The molecule has 0 saturated carbocycles. The van der Waals surface area contributed by atoms with Crippen molar-refractivity contribution < 1.29 is 13.2 Å². The van der Waals surface area contributed by atoms with Crippen LogP contribution in [0, 0.1) is 5.92 Å². The highest BCUT2D eigenvalue weighted by Gasteiger charge is 2.30. The first-order valence-electron chi connectivity index (χ1n) is 8.70. The van der Waals surface area contributed by atoms with Gasteiger partial charge in [0.2, 0.25) is 10.0 Å². The summed E-state index contributed by atoms with van der Waals surface area (Å²) in [6.45, 7) is 7.32. The third-order valence-electron chi connectivity index (χ3n) is 4.93. The highest BCUT2D eigenvalue weighted by atomic mass is 32.2. The van der Waals surface area contributed by atoms with Gasteiger partial charge in [0.05, 0.1) is 6.26 Å². The summed E-state index contributed by atoms with van der Waals surface area (Å²) in [6, 6.07) is 6.44. The van der Waals surface area contributed by atoms with Crippen LogP contribution in [0.5, 0.6) is 5.75 Å². The van der Waals surface area contributed by atoms with Crippen molar-refractivity contribution >= 4 is 10.0 Å². The molecule has 0 spiro atoms. The molecule has 1 aromatic carbocycles. The smallest absolute Gasteiger partial charge is 0.211 e. The number of fused-ring (bicyclic) bond motifs is 1. The fraction of sp³-hybridized carbons (Fsp3) is 0.667. The maximum absolute atomic E-state index is 11.5. The third-order valence-corrected chi connectivity index (χ3v) is 6.24. The standard InChI is InChI=1S/C18H28N2O3S/c1-18(2)11-16-10-15(4-5-17(16)23-18)13-19-12-14-6-8-20(9-7-14)24(3,21)22/h4-5,10,14,19H,6-9,11-13H2,1-3H3. The zero-order valence-corrected chi connectivity index (χ0v) is 15.7. The molecule has 0 aromatic heterocycles. The Labute approximate surface area is 145 Å². The fourth-order valence-electron chi connectivity index (χ4n) is 3.64. The number of nitrogens with one attached hydrogen (secondary N) is 1. The molecule has 1 saturated heterocycles. The van der Waals surface area contributed by atoms with Gasteiger partial charge in [-0.2, -0.15) is 0 Å². The van der Waals surface area contributed by atoms with E-state index in [2.05, 4.69) is 37.4 Å². The van der Waals surface area contributed by atoms with Crippen LogP contribution in [0.25, 0.3) is 0 Å². The SMILES string of the molecule is CC1(C)Cc2cc(CNCC3CCN(S(C)(=O)=O)CC3)ccc2O1. The molecule has 0 unspecified atom stereocenters. The van der Waals surface area contributed by atoms with Crippen LogP contribution >= 0.6 is 0 Å². The summed E-state index contributed by atoms with van der Waals surface area (Å²) >= 11 is 0. The summed E-state index contributed by atoms with van der Waals surface area (Å²) in [4.78, 5) is 0. The van der Waals surface area contributed by atoms with Gasteiger partial charge in [0.1, 0.15) is 11.4 Å². The number of benzene rings is 1. The molecule has 0 radical (unpaired) electrons. The van der Waals surface area contributed by atoms with Gasteiger partial charge in [0, 0.05) is 26.1 Å². The summed E-state index contributed by atoms with van der Waals surface area (Å²) in [7, 11) is -3.03. The number of nitrogens with zero attached hydrogens (tertiary/aromatic N) is 1. The van der Waals surface area contributed by atoms with Crippen LogP contribution in [0.15, 0.2) is 18.2 Å². The number of piperidine rings is 1. The molecule has 24 heavy (non-hydrogen) atoms. The number of sulfonamides is 1. The summed E-state index contributed by atoms with van der Waals surface area (Å²) in [5.41, 5.74) is 2.48. The van der Waals surface area contributed by atoms with Crippen molar-refractivity contribution in [2.45, 2.75) is 45.3 Å². The van der Waals surface area contributed by atoms with Crippen LogP contribution < -0.4 is 10.1 Å². The van der Waals surface area contributed by atoms with Crippen LogP contribution in [0.2, 0.25) is 0 Å². The van der Waals surface area contributed by atoms with Crippen LogP contribution in [0.3, 0.4) is 0 Å². The second kappa shape index (κ2) is 6.65. The van der Waals surface area contributed by atoms with Gasteiger partial charge in [-0.1, -0.05) is 12.1 Å². The lowest BCUT2D eigenvalue weighted by molar-refractivity contribution is 0.138. The Bertz CT molecular complexity index is 692. The van der Waals surface area contributed by atoms with Gasteiger partial charge in [0.25, 0.3) is 0 Å². The van der Waals surface area contributed by atoms with E-state index in [9.17, 15) is 8.42 Å². The second-order valence-electron chi connectivity index (χ2n) is 7.72. The third kappa shape index (κ3) is 4.29. The molecule has 0 atom stereocenters. The van der Waals surface area contributed by atoms with Crippen molar-refractivity contribution in [3.05, 3.63) is 29.3 Å². The summed E-state index contributed by atoms with van der Waals surface area (Å²) < 4.78 is 30.6. The average Bonchev–Trinajstić information content (AvgIpc) is 2.80. The minimum atomic E-state index is -3.03. The Kier molecular flexibility index (Phi) is 4.91. The molecule has 3 rings (SSSR count). The van der Waals surface area contributed by atoms with E-state index >= 15 is 0 Å². The van der Waals surface area contributed by atoms with Crippen LogP contribution in [0.1, 0.15) is 37.8 Å². The molecule has 1 fully saturated rings. The molecular formula is C18H28N2O3S. The molecule has 6 heteroatoms. The second-order valence-corrected chi connectivity index (χ2v) is 9.70. The number of hydrogen-bond donors (Lipinski definition) is 1. The van der Waals surface area contributed by atoms with Crippen LogP contribution in [-0.4, -0.2) is 44.2 Å². The highest BCUT2D eigenvalue weighted by Crippen LogP contribution is 2.35. The lowest BCUT2D eigenvalue weighted by Gasteiger charge is -2.30. The first-order chi connectivity index (χ1) is 11.2. The molecule has 1 N–H and O–H groups in total. The Hall–Kier alpha value is -1.11. The Morgan fingerprint density at radius 3 is 2.67 bits per heavy atom. The molecule has 5 nitrogen and oxygen atoms in total. The van der Waals surface area contributed by atoms with Gasteiger partial charge in [-0.3, -0.25) is 0 Å². The first-order valence-corrected chi connectivity index (χ1v) is 10.5. The molecular weight excluding hydrogens is 324 g/mol. The van der Waals surface area contributed by atoms with Crippen LogP contribution in [0.4, 0.5) is 0 Å². The molecule has 0 bridgehead atoms. The van der Waals surface area contributed by atoms with E-state index in [0.29, 0.717) is 19.0 Å². The lowest BCUT2D eigenvalue weighted by Crippen LogP contribution is -2.40. The van der Waals surface area contributed by atoms with E-state index in [1.54, 1.807) is 4.31 Å². The van der Waals surface area contributed by atoms with Crippen molar-refractivity contribution in [2.75, 3.05) is 25.9 Å². The number of hydrogen-bond acceptors (Lipinski definition) is 4. The van der Waals surface area contributed by atoms with Gasteiger partial charge < -0.3 is 10.1 Å². The zero-order valence-electron chi connectivity index (χ0n) is 14.8. The van der Waals surface area contributed by atoms with E-state index in [1.807, 2.05) is 0 Å². The topological polar surface area (TPSA) is 58.6 Å². The van der Waals surface area contributed by atoms with Gasteiger partial charge >= 0.3 is 0 Å². The van der Waals surface area contributed by atoms with Crippen molar-refractivity contribution in [1.82, 2.24) is 9.62 Å². The molecule has 0 aliphatic carbocycles. The molecule has 2 aliphatic rings. The van der Waals surface area contributed by atoms with Gasteiger partial charge in [-0.15, -0.1) is 0 Å². The average molecular weight is 353 g/mol. The van der Waals surface area contributed by atoms with Crippen molar-refractivity contribution in [3.8, 4) is 5.75 Å². The first kappa shape index (κ1) is 17.7. The van der Waals surface area contributed by atoms with E-state index in [4.69, 9.17) is 4.74 Å². The molecule has 0 amide bonds. The quantitative estimate of drug-likeness (QED) is 0.882. The van der Waals surface area contributed by atoms with E-state index in [0.717, 1.165) is 38.1 Å². The Morgan fingerprint density at radius 2 is 2.00 bits per heavy atom.